The van der Waals surface area contributed by atoms with Crippen molar-refractivity contribution in [2.45, 2.75) is 18.5 Å². The Bertz CT molecular complexity index is 268. The third kappa shape index (κ3) is 1.29. The van der Waals surface area contributed by atoms with Gasteiger partial charge in [0, 0.05) is 5.92 Å². The molecular formula is C10H11FO. The van der Waals surface area contributed by atoms with Gasteiger partial charge in [-0.25, -0.2) is 4.39 Å². The largest absolute Gasteiger partial charge is 0.497 e. The molecule has 2 rings (SSSR count). The highest BCUT2D eigenvalue weighted by Crippen LogP contribution is 2.43. The molecule has 1 aliphatic carbocycles. The normalized spacial score (nSPS) is 26.8. The van der Waals surface area contributed by atoms with Crippen LogP contribution in [0.4, 0.5) is 4.39 Å². The lowest BCUT2D eigenvalue weighted by Crippen LogP contribution is -1.85. The summed E-state index contributed by atoms with van der Waals surface area (Å²) in [7, 11) is 1.63. The van der Waals surface area contributed by atoms with Gasteiger partial charge in [0.15, 0.2) is 0 Å². The number of hydrogen-bond donors (Lipinski definition) is 0. The van der Waals surface area contributed by atoms with Gasteiger partial charge in [-0.3, -0.25) is 0 Å². The molecule has 0 amide bonds. The summed E-state index contributed by atoms with van der Waals surface area (Å²) in [5.74, 6) is 0.978. The zero-order valence-electron chi connectivity index (χ0n) is 6.96. The van der Waals surface area contributed by atoms with Gasteiger partial charge in [0.2, 0.25) is 0 Å². The molecule has 2 heteroatoms. The van der Waals surface area contributed by atoms with Crippen LogP contribution >= 0.6 is 0 Å². The first-order chi connectivity index (χ1) is 5.81. The molecule has 0 N–H and O–H groups in total. The molecule has 1 aliphatic rings. The smallest absolute Gasteiger partial charge is 0.118 e. The average Bonchev–Trinajstić information content (AvgIpc) is 2.83. The fraction of sp³-hybridized carbons (Fsp3) is 0.400. The summed E-state index contributed by atoms with van der Waals surface area (Å²) in [6.07, 6.45) is 0.0742. The van der Waals surface area contributed by atoms with Crippen molar-refractivity contribution in [1.29, 1.82) is 0 Å². The quantitative estimate of drug-likeness (QED) is 0.656. The highest BCUT2D eigenvalue weighted by Gasteiger charge is 2.38. The van der Waals surface area contributed by atoms with Crippen LogP contribution in [0.25, 0.3) is 0 Å². The molecule has 0 aliphatic heterocycles. The Morgan fingerprint density at radius 3 is 2.33 bits per heavy atom. The summed E-state index contributed by atoms with van der Waals surface area (Å²) in [5.41, 5.74) is 1.09. The Labute approximate surface area is 71.2 Å². The Morgan fingerprint density at radius 1 is 1.33 bits per heavy atom. The molecule has 1 nitrogen and oxygen atoms in total. The van der Waals surface area contributed by atoms with Crippen LogP contribution in [0.2, 0.25) is 0 Å². The zero-order chi connectivity index (χ0) is 8.55. The van der Waals surface area contributed by atoms with Crippen molar-refractivity contribution in [2.24, 2.45) is 0 Å². The van der Waals surface area contributed by atoms with Crippen LogP contribution in [0.3, 0.4) is 0 Å². The van der Waals surface area contributed by atoms with Gasteiger partial charge in [0.05, 0.1) is 7.11 Å². The molecule has 2 unspecified atom stereocenters. The Morgan fingerprint density at radius 2 is 1.92 bits per heavy atom. The van der Waals surface area contributed by atoms with Crippen molar-refractivity contribution in [3.05, 3.63) is 29.8 Å². The minimum atomic E-state index is -0.613. The first kappa shape index (κ1) is 7.59. The lowest BCUT2D eigenvalue weighted by Gasteiger charge is -2.00. The highest BCUT2D eigenvalue weighted by atomic mass is 19.1. The Hall–Kier alpha value is -1.05. The first-order valence-corrected chi connectivity index (χ1v) is 4.09. The predicted molar refractivity (Wildman–Crippen MR) is 45.2 cm³/mol. The van der Waals surface area contributed by atoms with Gasteiger partial charge in [-0.05, 0) is 24.1 Å². The summed E-state index contributed by atoms with van der Waals surface area (Å²) >= 11 is 0. The molecule has 0 bridgehead atoms. The van der Waals surface area contributed by atoms with E-state index >= 15 is 0 Å². The SMILES string of the molecule is COc1ccc(C2CC2F)cc1. The van der Waals surface area contributed by atoms with Crippen molar-refractivity contribution in [3.8, 4) is 5.75 Å². The van der Waals surface area contributed by atoms with Crippen LogP contribution in [0, 0.1) is 0 Å². The van der Waals surface area contributed by atoms with E-state index in [-0.39, 0.29) is 5.92 Å². The fourth-order valence-electron chi connectivity index (χ4n) is 1.36. The summed E-state index contributed by atoms with van der Waals surface area (Å²) in [4.78, 5) is 0. The molecule has 0 aromatic heterocycles. The average molecular weight is 166 g/mol. The van der Waals surface area contributed by atoms with E-state index in [1.165, 1.54) is 0 Å². The van der Waals surface area contributed by atoms with Crippen LogP contribution < -0.4 is 4.74 Å². The van der Waals surface area contributed by atoms with E-state index in [4.69, 9.17) is 4.74 Å². The summed E-state index contributed by atoms with van der Waals surface area (Å²) in [6.45, 7) is 0. The minimum Gasteiger partial charge on any atom is -0.497 e. The van der Waals surface area contributed by atoms with E-state index in [1.54, 1.807) is 7.11 Å². The molecule has 64 valence electrons. The van der Waals surface area contributed by atoms with E-state index in [0.29, 0.717) is 6.42 Å². The van der Waals surface area contributed by atoms with Gasteiger partial charge >= 0.3 is 0 Å². The lowest BCUT2D eigenvalue weighted by molar-refractivity contribution is 0.414. The van der Waals surface area contributed by atoms with E-state index in [0.717, 1.165) is 11.3 Å². The molecule has 1 saturated carbocycles. The predicted octanol–water partition coefficient (Wildman–Crippen LogP) is 2.52. The van der Waals surface area contributed by atoms with Gasteiger partial charge in [-0.2, -0.15) is 0 Å². The highest BCUT2D eigenvalue weighted by molar-refractivity contribution is 5.32. The molecule has 0 heterocycles. The molecular weight excluding hydrogens is 155 g/mol. The molecule has 0 radical (unpaired) electrons. The van der Waals surface area contributed by atoms with Crippen molar-refractivity contribution in [2.75, 3.05) is 7.11 Å². The third-order valence-corrected chi connectivity index (χ3v) is 2.26. The monoisotopic (exact) mass is 166 g/mol. The minimum absolute atomic E-state index is 0.149. The van der Waals surface area contributed by atoms with Crippen molar-refractivity contribution in [3.63, 3.8) is 0 Å². The zero-order valence-corrected chi connectivity index (χ0v) is 6.96. The maximum absolute atomic E-state index is 12.6. The standard InChI is InChI=1S/C10H11FO/c1-12-8-4-2-7(3-5-8)9-6-10(9)11/h2-5,9-10H,6H2,1H3. The third-order valence-electron chi connectivity index (χ3n) is 2.26. The number of methoxy groups -OCH3 is 1. The number of hydrogen-bond acceptors (Lipinski definition) is 1. The number of benzene rings is 1. The molecule has 1 aromatic carbocycles. The van der Waals surface area contributed by atoms with Crippen LogP contribution in [-0.2, 0) is 0 Å². The van der Waals surface area contributed by atoms with E-state index in [9.17, 15) is 4.39 Å². The van der Waals surface area contributed by atoms with Gasteiger partial charge in [-0.1, -0.05) is 12.1 Å². The number of ether oxygens (including phenoxy) is 1. The second-order valence-corrected chi connectivity index (χ2v) is 3.13. The van der Waals surface area contributed by atoms with E-state index < -0.39 is 6.17 Å². The fourth-order valence-corrected chi connectivity index (χ4v) is 1.36. The summed E-state index contributed by atoms with van der Waals surface area (Å²) in [6, 6.07) is 7.62. The summed E-state index contributed by atoms with van der Waals surface area (Å²) < 4.78 is 17.6. The number of alkyl halides is 1. The van der Waals surface area contributed by atoms with Crippen LogP contribution in [-0.4, -0.2) is 13.3 Å². The lowest BCUT2D eigenvalue weighted by atomic mass is 10.1. The van der Waals surface area contributed by atoms with Crippen molar-refractivity contribution >= 4 is 0 Å². The Balaban J connectivity index is 2.14. The van der Waals surface area contributed by atoms with Crippen molar-refractivity contribution < 1.29 is 9.13 Å². The molecule has 12 heavy (non-hydrogen) atoms. The van der Waals surface area contributed by atoms with Gasteiger partial charge in [0.25, 0.3) is 0 Å². The number of rotatable bonds is 2. The second-order valence-electron chi connectivity index (χ2n) is 3.13. The maximum atomic E-state index is 12.6. The van der Waals surface area contributed by atoms with Gasteiger partial charge in [-0.15, -0.1) is 0 Å². The van der Waals surface area contributed by atoms with Crippen LogP contribution in [0.5, 0.6) is 5.75 Å². The van der Waals surface area contributed by atoms with Gasteiger partial charge in [0.1, 0.15) is 11.9 Å². The topological polar surface area (TPSA) is 9.23 Å². The van der Waals surface area contributed by atoms with Crippen LogP contribution in [0.1, 0.15) is 17.9 Å². The molecule has 0 spiro atoms. The molecule has 1 fully saturated rings. The number of halogens is 1. The molecule has 2 atom stereocenters. The van der Waals surface area contributed by atoms with E-state index in [2.05, 4.69) is 0 Å². The maximum Gasteiger partial charge on any atom is 0.118 e. The molecule has 0 saturated heterocycles. The van der Waals surface area contributed by atoms with Crippen molar-refractivity contribution in [1.82, 2.24) is 0 Å². The summed E-state index contributed by atoms with van der Waals surface area (Å²) in [5, 5.41) is 0. The van der Waals surface area contributed by atoms with Gasteiger partial charge < -0.3 is 4.74 Å². The Kier molecular flexibility index (Phi) is 1.75. The van der Waals surface area contributed by atoms with Crippen LogP contribution in [0.15, 0.2) is 24.3 Å². The second kappa shape index (κ2) is 2.77. The molecule has 1 aromatic rings. The first-order valence-electron chi connectivity index (χ1n) is 4.09. The van der Waals surface area contributed by atoms with E-state index in [1.807, 2.05) is 24.3 Å².